The van der Waals surface area contributed by atoms with E-state index in [-0.39, 0.29) is 5.97 Å². The monoisotopic (exact) mass is 371 g/mol. The van der Waals surface area contributed by atoms with Crippen molar-refractivity contribution in [2.45, 2.75) is 13.5 Å². The van der Waals surface area contributed by atoms with Crippen LogP contribution in [0.3, 0.4) is 0 Å². The number of carbonyl (C=O) groups is 1. The minimum Gasteiger partial charge on any atom is -0.496 e. The predicted molar refractivity (Wildman–Crippen MR) is 116 cm³/mol. The highest BCUT2D eigenvalue weighted by atomic mass is 16.5. The molecular weight excluding hydrogens is 349 g/mol. The van der Waals surface area contributed by atoms with Crippen LogP contribution in [-0.4, -0.2) is 32.1 Å². The molecular formula is C23H22BNO3. The average molecular weight is 371 g/mol. The van der Waals surface area contributed by atoms with Gasteiger partial charge in [-0.2, -0.15) is 0 Å². The van der Waals surface area contributed by atoms with Crippen LogP contribution < -0.4 is 10.2 Å². The molecule has 140 valence electrons. The molecule has 5 heteroatoms. The van der Waals surface area contributed by atoms with E-state index in [1.165, 1.54) is 5.46 Å². The van der Waals surface area contributed by atoms with Gasteiger partial charge in [0.2, 0.25) is 0 Å². The summed E-state index contributed by atoms with van der Waals surface area (Å²) >= 11 is 0. The average Bonchev–Trinajstić information content (AvgIpc) is 3.07. The molecule has 4 aromatic rings. The van der Waals surface area contributed by atoms with E-state index in [0.717, 1.165) is 33.0 Å². The van der Waals surface area contributed by atoms with Crippen LogP contribution in [0.15, 0.2) is 60.7 Å². The number of nitrogens with zero attached hydrogens (tertiary/aromatic N) is 1. The quantitative estimate of drug-likeness (QED) is 0.399. The van der Waals surface area contributed by atoms with Crippen LogP contribution in [0, 0.1) is 0 Å². The van der Waals surface area contributed by atoms with Crippen molar-refractivity contribution in [2.75, 3.05) is 13.7 Å². The SMILES string of the molecule is Bc1cccc(Cn2c(C(=O)OCC)cc3c(OC)cc4ccccc4c32)c1. The van der Waals surface area contributed by atoms with E-state index in [1.807, 2.05) is 41.8 Å². The molecule has 0 saturated carbocycles. The van der Waals surface area contributed by atoms with Crippen molar-refractivity contribution >= 4 is 41.0 Å². The lowest BCUT2D eigenvalue weighted by molar-refractivity contribution is 0.0515. The largest absolute Gasteiger partial charge is 0.496 e. The van der Waals surface area contributed by atoms with Gasteiger partial charge in [0.05, 0.1) is 19.2 Å². The first-order chi connectivity index (χ1) is 13.6. The molecule has 0 bridgehead atoms. The zero-order chi connectivity index (χ0) is 19.7. The highest BCUT2D eigenvalue weighted by Crippen LogP contribution is 2.36. The molecule has 0 fully saturated rings. The maximum absolute atomic E-state index is 12.7. The van der Waals surface area contributed by atoms with Gasteiger partial charge in [0.25, 0.3) is 0 Å². The minimum absolute atomic E-state index is 0.322. The number of hydrogen-bond acceptors (Lipinski definition) is 3. The Balaban J connectivity index is 2.04. The summed E-state index contributed by atoms with van der Waals surface area (Å²) in [5.41, 5.74) is 3.84. The van der Waals surface area contributed by atoms with Gasteiger partial charge in [-0.15, -0.1) is 0 Å². The summed E-state index contributed by atoms with van der Waals surface area (Å²) in [5.74, 6) is 0.430. The zero-order valence-corrected chi connectivity index (χ0v) is 16.4. The third-order valence-corrected chi connectivity index (χ3v) is 4.99. The first-order valence-electron chi connectivity index (χ1n) is 9.44. The van der Waals surface area contributed by atoms with Crippen molar-refractivity contribution in [3.63, 3.8) is 0 Å². The van der Waals surface area contributed by atoms with Crippen molar-refractivity contribution < 1.29 is 14.3 Å². The van der Waals surface area contributed by atoms with Gasteiger partial charge in [0.1, 0.15) is 19.3 Å². The number of rotatable bonds is 5. The number of aromatic nitrogens is 1. The molecule has 0 radical (unpaired) electrons. The van der Waals surface area contributed by atoms with Crippen molar-refractivity contribution in [1.82, 2.24) is 4.57 Å². The van der Waals surface area contributed by atoms with Crippen LogP contribution >= 0.6 is 0 Å². The smallest absolute Gasteiger partial charge is 0.354 e. The number of methoxy groups -OCH3 is 1. The van der Waals surface area contributed by atoms with Crippen molar-refractivity contribution in [2.24, 2.45) is 0 Å². The van der Waals surface area contributed by atoms with E-state index < -0.39 is 0 Å². The van der Waals surface area contributed by atoms with E-state index in [9.17, 15) is 4.79 Å². The van der Waals surface area contributed by atoms with Gasteiger partial charge in [-0.05, 0) is 30.0 Å². The van der Waals surface area contributed by atoms with E-state index in [0.29, 0.717) is 18.8 Å². The molecule has 28 heavy (non-hydrogen) atoms. The Bertz CT molecular complexity index is 1180. The molecule has 1 heterocycles. The standard InChI is InChI=1S/C23H22BNO3/c1-3-28-23(26)20-13-19-21(27-2)12-16-8-4-5-10-18(16)22(19)25(20)14-15-7-6-9-17(24)11-15/h4-13H,3,14,24H2,1-2H3. The minimum atomic E-state index is -0.322. The first-order valence-corrected chi connectivity index (χ1v) is 9.44. The fourth-order valence-corrected chi connectivity index (χ4v) is 3.79. The highest BCUT2D eigenvalue weighted by Gasteiger charge is 2.21. The molecule has 0 atom stereocenters. The lowest BCUT2D eigenvalue weighted by Crippen LogP contribution is -2.14. The molecule has 4 nitrogen and oxygen atoms in total. The Morgan fingerprint density at radius 2 is 1.86 bits per heavy atom. The van der Waals surface area contributed by atoms with E-state index >= 15 is 0 Å². The fraction of sp³-hybridized carbons (Fsp3) is 0.174. The summed E-state index contributed by atoms with van der Waals surface area (Å²) in [6, 6.07) is 20.4. The summed E-state index contributed by atoms with van der Waals surface area (Å²) in [4.78, 5) is 12.7. The van der Waals surface area contributed by atoms with Gasteiger partial charge in [0.15, 0.2) is 0 Å². The molecule has 4 rings (SSSR count). The molecule has 0 aliphatic heterocycles. The summed E-state index contributed by atoms with van der Waals surface area (Å²) in [5, 5.41) is 3.07. The van der Waals surface area contributed by atoms with Crippen LogP contribution in [-0.2, 0) is 11.3 Å². The van der Waals surface area contributed by atoms with Gasteiger partial charge >= 0.3 is 5.97 Å². The van der Waals surface area contributed by atoms with Crippen LogP contribution in [0.1, 0.15) is 23.0 Å². The lowest BCUT2D eigenvalue weighted by Gasteiger charge is -2.13. The van der Waals surface area contributed by atoms with Crippen molar-refractivity contribution in [3.05, 3.63) is 71.9 Å². The van der Waals surface area contributed by atoms with Crippen molar-refractivity contribution in [3.8, 4) is 5.75 Å². The van der Waals surface area contributed by atoms with E-state index in [1.54, 1.807) is 7.11 Å². The summed E-state index contributed by atoms with van der Waals surface area (Å²) in [7, 11) is 3.73. The Morgan fingerprint density at radius 1 is 1.04 bits per heavy atom. The van der Waals surface area contributed by atoms with Gasteiger partial charge < -0.3 is 14.0 Å². The normalized spacial score (nSPS) is 11.1. The van der Waals surface area contributed by atoms with Gasteiger partial charge in [-0.25, -0.2) is 4.79 Å². The first kappa shape index (κ1) is 18.2. The second-order valence-corrected chi connectivity index (χ2v) is 6.89. The number of esters is 1. The Hall–Kier alpha value is -3.21. The molecule has 1 aromatic heterocycles. The second kappa shape index (κ2) is 7.43. The topological polar surface area (TPSA) is 40.5 Å². The molecule has 0 unspecified atom stereocenters. The highest BCUT2D eigenvalue weighted by molar-refractivity contribution is 6.32. The third-order valence-electron chi connectivity index (χ3n) is 4.99. The Labute approximate surface area is 165 Å². The van der Waals surface area contributed by atoms with E-state index in [2.05, 4.69) is 38.2 Å². The van der Waals surface area contributed by atoms with Crippen molar-refractivity contribution in [1.29, 1.82) is 0 Å². The summed E-state index contributed by atoms with van der Waals surface area (Å²) in [6.07, 6.45) is 0. The third kappa shape index (κ3) is 3.13. The predicted octanol–water partition coefficient (Wildman–Crippen LogP) is 3.29. The molecule has 0 aliphatic rings. The number of hydrogen-bond donors (Lipinski definition) is 0. The summed E-state index contributed by atoms with van der Waals surface area (Å²) < 4.78 is 13.0. The lowest BCUT2D eigenvalue weighted by atomic mass is 9.94. The second-order valence-electron chi connectivity index (χ2n) is 6.89. The number of ether oxygens (including phenoxy) is 2. The fourth-order valence-electron chi connectivity index (χ4n) is 3.79. The van der Waals surface area contributed by atoms with Gasteiger partial charge in [-0.3, -0.25) is 0 Å². The van der Waals surface area contributed by atoms with Crippen LogP contribution in [0.4, 0.5) is 0 Å². The number of benzene rings is 3. The Kier molecular flexibility index (Phi) is 4.82. The number of fused-ring (bicyclic) bond motifs is 3. The molecule has 3 aromatic carbocycles. The molecule has 0 saturated heterocycles. The molecule has 0 aliphatic carbocycles. The molecule has 0 spiro atoms. The van der Waals surface area contributed by atoms with Gasteiger partial charge in [-0.1, -0.05) is 54.0 Å². The zero-order valence-electron chi connectivity index (χ0n) is 16.4. The number of carbonyl (C=O) groups excluding carboxylic acids is 1. The maximum atomic E-state index is 12.7. The van der Waals surface area contributed by atoms with E-state index in [4.69, 9.17) is 9.47 Å². The molecule has 0 amide bonds. The Morgan fingerprint density at radius 3 is 2.61 bits per heavy atom. The van der Waals surface area contributed by atoms with Crippen LogP contribution in [0.5, 0.6) is 5.75 Å². The summed E-state index contributed by atoms with van der Waals surface area (Å²) in [6.45, 7) is 2.74. The molecule has 0 N–H and O–H groups in total. The maximum Gasteiger partial charge on any atom is 0.354 e. The van der Waals surface area contributed by atoms with Gasteiger partial charge in [0, 0.05) is 17.3 Å². The van der Waals surface area contributed by atoms with Crippen LogP contribution in [0.2, 0.25) is 0 Å². The van der Waals surface area contributed by atoms with Crippen LogP contribution in [0.25, 0.3) is 21.7 Å².